The van der Waals surface area contributed by atoms with Crippen LogP contribution in [0.1, 0.15) is 36.5 Å². The van der Waals surface area contributed by atoms with Crippen LogP contribution >= 0.6 is 0 Å². The molecular weight excluding hydrogens is 306 g/mol. The molecule has 0 fully saturated rings. The van der Waals surface area contributed by atoms with Crippen LogP contribution in [-0.4, -0.2) is 31.5 Å². The van der Waals surface area contributed by atoms with E-state index in [0.29, 0.717) is 18.1 Å². The Morgan fingerprint density at radius 1 is 1.25 bits per heavy atom. The lowest BCUT2D eigenvalue weighted by molar-refractivity contribution is 0.184. The highest BCUT2D eigenvalue weighted by Gasteiger charge is 2.12. The van der Waals surface area contributed by atoms with Gasteiger partial charge in [0.25, 0.3) is 0 Å². The smallest absolute Gasteiger partial charge is 0.167 e. The first kappa shape index (κ1) is 16.4. The minimum Gasteiger partial charge on any atom is -0.396 e. The van der Waals surface area contributed by atoms with Crippen molar-refractivity contribution in [3.05, 3.63) is 59.8 Å². The molecule has 6 nitrogen and oxygen atoms in total. The number of imidazole rings is 1. The first-order chi connectivity index (χ1) is 11.7. The number of benzene rings is 1. The summed E-state index contributed by atoms with van der Waals surface area (Å²) in [5.74, 6) is 1.31. The average Bonchev–Trinajstić information content (AvgIpc) is 3.23. The van der Waals surface area contributed by atoms with Gasteiger partial charge in [-0.1, -0.05) is 29.4 Å². The predicted octanol–water partition coefficient (Wildman–Crippen LogP) is 2.56. The van der Waals surface area contributed by atoms with E-state index in [0.717, 1.165) is 24.1 Å². The SMILES string of the molecule is CC(O)c1nccn1Cc1cc(-c2ccc(CCCO)cc2)on1. The number of rotatable bonds is 7. The molecule has 2 heterocycles. The van der Waals surface area contributed by atoms with Crippen molar-refractivity contribution in [1.29, 1.82) is 0 Å². The Bertz CT molecular complexity index is 775. The van der Waals surface area contributed by atoms with Gasteiger partial charge >= 0.3 is 0 Å². The van der Waals surface area contributed by atoms with Crippen molar-refractivity contribution >= 4 is 0 Å². The largest absolute Gasteiger partial charge is 0.396 e. The molecule has 0 saturated heterocycles. The minimum atomic E-state index is -0.627. The van der Waals surface area contributed by atoms with Crippen molar-refractivity contribution < 1.29 is 14.7 Å². The molecule has 2 aromatic heterocycles. The first-order valence-corrected chi connectivity index (χ1v) is 8.02. The van der Waals surface area contributed by atoms with Gasteiger partial charge in [-0.3, -0.25) is 0 Å². The molecule has 126 valence electrons. The minimum absolute atomic E-state index is 0.204. The summed E-state index contributed by atoms with van der Waals surface area (Å²) in [7, 11) is 0. The number of nitrogens with zero attached hydrogens (tertiary/aromatic N) is 3. The molecule has 0 aliphatic carbocycles. The van der Waals surface area contributed by atoms with E-state index in [1.54, 1.807) is 13.1 Å². The second kappa shape index (κ2) is 7.42. The summed E-state index contributed by atoms with van der Waals surface area (Å²) in [5.41, 5.74) is 2.92. The van der Waals surface area contributed by atoms with Crippen LogP contribution in [0.5, 0.6) is 0 Å². The topological polar surface area (TPSA) is 84.3 Å². The third kappa shape index (κ3) is 3.72. The van der Waals surface area contributed by atoms with E-state index < -0.39 is 6.10 Å². The fraction of sp³-hybridized carbons (Fsp3) is 0.333. The Balaban J connectivity index is 1.72. The van der Waals surface area contributed by atoms with Crippen LogP contribution in [0.2, 0.25) is 0 Å². The van der Waals surface area contributed by atoms with Crippen LogP contribution in [0.4, 0.5) is 0 Å². The zero-order chi connectivity index (χ0) is 16.9. The van der Waals surface area contributed by atoms with Crippen molar-refractivity contribution in [2.45, 2.75) is 32.4 Å². The second-order valence-electron chi connectivity index (χ2n) is 5.80. The van der Waals surface area contributed by atoms with E-state index in [2.05, 4.69) is 10.1 Å². The number of hydrogen-bond donors (Lipinski definition) is 2. The molecule has 0 aliphatic heterocycles. The van der Waals surface area contributed by atoms with Gasteiger partial charge in [-0.05, 0) is 25.3 Å². The highest BCUT2D eigenvalue weighted by molar-refractivity contribution is 5.57. The second-order valence-corrected chi connectivity index (χ2v) is 5.80. The van der Waals surface area contributed by atoms with E-state index in [-0.39, 0.29) is 6.61 Å². The molecule has 24 heavy (non-hydrogen) atoms. The van der Waals surface area contributed by atoms with Gasteiger partial charge in [0, 0.05) is 30.6 Å². The number of aliphatic hydroxyl groups is 2. The molecule has 0 aliphatic rings. The number of hydrogen-bond acceptors (Lipinski definition) is 5. The fourth-order valence-electron chi connectivity index (χ4n) is 2.64. The van der Waals surface area contributed by atoms with Crippen LogP contribution in [-0.2, 0) is 13.0 Å². The Morgan fingerprint density at radius 3 is 2.75 bits per heavy atom. The zero-order valence-electron chi connectivity index (χ0n) is 13.6. The molecule has 3 aromatic rings. The van der Waals surface area contributed by atoms with Crippen LogP contribution < -0.4 is 0 Å². The molecule has 0 amide bonds. The molecule has 1 aromatic carbocycles. The van der Waals surface area contributed by atoms with E-state index in [1.807, 2.05) is 41.1 Å². The summed E-state index contributed by atoms with van der Waals surface area (Å²) >= 11 is 0. The fourth-order valence-corrected chi connectivity index (χ4v) is 2.64. The first-order valence-electron chi connectivity index (χ1n) is 8.02. The third-order valence-corrected chi connectivity index (χ3v) is 3.87. The van der Waals surface area contributed by atoms with E-state index in [4.69, 9.17) is 9.63 Å². The van der Waals surface area contributed by atoms with Crippen molar-refractivity contribution in [1.82, 2.24) is 14.7 Å². The lowest BCUT2D eigenvalue weighted by Gasteiger charge is -2.07. The van der Waals surface area contributed by atoms with Gasteiger partial charge in [-0.25, -0.2) is 4.98 Å². The third-order valence-electron chi connectivity index (χ3n) is 3.87. The molecule has 1 unspecified atom stereocenters. The molecule has 0 spiro atoms. The van der Waals surface area contributed by atoms with Gasteiger partial charge in [-0.2, -0.15) is 0 Å². The lowest BCUT2D eigenvalue weighted by atomic mass is 10.1. The van der Waals surface area contributed by atoms with Gasteiger partial charge in [0.2, 0.25) is 0 Å². The normalized spacial score (nSPS) is 12.5. The standard InChI is InChI=1S/C18H21N3O3/c1-13(23)18-19-8-9-21(18)12-16-11-17(24-20-16)15-6-4-14(5-7-15)3-2-10-22/h4-9,11,13,22-23H,2-3,10,12H2,1H3. The van der Waals surface area contributed by atoms with Gasteiger partial charge in [0.15, 0.2) is 5.76 Å². The van der Waals surface area contributed by atoms with Gasteiger partial charge in [0.1, 0.15) is 17.6 Å². The van der Waals surface area contributed by atoms with Crippen LogP contribution in [0.3, 0.4) is 0 Å². The maximum absolute atomic E-state index is 9.70. The highest BCUT2D eigenvalue weighted by atomic mass is 16.5. The van der Waals surface area contributed by atoms with E-state index in [9.17, 15) is 5.11 Å². The van der Waals surface area contributed by atoms with E-state index in [1.165, 1.54) is 5.56 Å². The Hall–Kier alpha value is -2.44. The quantitative estimate of drug-likeness (QED) is 0.697. The summed E-state index contributed by atoms with van der Waals surface area (Å²) in [6.07, 6.45) is 4.47. The summed E-state index contributed by atoms with van der Waals surface area (Å²) in [6, 6.07) is 9.96. The van der Waals surface area contributed by atoms with Crippen LogP contribution in [0, 0.1) is 0 Å². The van der Waals surface area contributed by atoms with Gasteiger partial charge < -0.3 is 19.3 Å². The molecule has 0 radical (unpaired) electrons. The van der Waals surface area contributed by atoms with Crippen molar-refractivity contribution in [3.63, 3.8) is 0 Å². The lowest BCUT2D eigenvalue weighted by Crippen LogP contribution is -2.07. The maximum atomic E-state index is 9.70. The highest BCUT2D eigenvalue weighted by Crippen LogP contribution is 2.22. The van der Waals surface area contributed by atoms with Crippen molar-refractivity contribution in [3.8, 4) is 11.3 Å². The summed E-state index contributed by atoms with van der Waals surface area (Å²) < 4.78 is 7.29. The van der Waals surface area contributed by atoms with Crippen molar-refractivity contribution in [2.75, 3.05) is 6.61 Å². The number of aromatic nitrogens is 3. The molecule has 1 atom stereocenters. The van der Waals surface area contributed by atoms with Gasteiger partial charge in [-0.15, -0.1) is 0 Å². The van der Waals surface area contributed by atoms with Gasteiger partial charge in [0.05, 0.1) is 6.54 Å². The van der Waals surface area contributed by atoms with E-state index >= 15 is 0 Å². The molecule has 2 N–H and O–H groups in total. The van der Waals surface area contributed by atoms with Crippen LogP contribution in [0.25, 0.3) is 11.3 Å². The number of aliphatic hydroxyl groups excluding tert-OH is 2. The average molecular weight is 327 g/mol. The number of aryl methyl sites for hydroxylation is 1. The molecule has 0 bridgehead atoms. The predicted molar refractivity (Wildman–Crippen MR) is 89.3 cm³/mol. The van der Waals surface area contributed by atoms with Crippen LogP contribution in [0.15, 0.2) is 47.2 Å². The Morgan fingerprint density at radius 2 is 2.04 bits per heavy atom. The Labute approximate surface area is 140 Å². The molecule has 6 heteroatoms. The monoisotopic (exact) mass is 327 g/mol. The zero-order valence-corrected chi connectivity index (χ0v) is 13.6. The molecular formula is C18H21N3O3. The summed E-state index contributed by atoms with van der Waals surface area (Å²) in [4.78, 5) is 4.15. The Kier molecular flexibility index (Phi) is 5.08. The van der Waals surface area contributed by atoms with Crippen molar-refractivity contribution in [2.24, 2.45) is 0 Å². The summed E-state index contributed by atoms with van der Waals surface area (Å²) in [5, 5.41) is 22.7. The maximum Gasteiger partial charge on any atom is 0.167 e. The molecule has 0 saturated carbocycles. The summed E-state index contributed by atoms with van der Waals surface area (Å²) in [6.45, 7) is 2.39. The molecule has 3 rings (SSSR count).